The molecule has 0 bridgehead atoms. The SMILES string of the molecule is Cc1ccc(Nc2ncnc3sc(SCc4ccccc4)nc23)cc1. The van der Waals surface area contributed by atoms with Gasteiger partial charge in [-0.1, -0.05) is 71.1 Å². The smallest absolute Gasteiger partial charge is 0.161 e. The molecule has 0 atom stereocenters. The van der Waals surface area contributed by atoms with E-state index in [9.17, 15) is 0 Å². The fourth-order valence-electron chi connectivity index (χ4n) is 2.38. The van der Waals surface area contributed by atoms with E-state index in [1.54, 1.807) is 29.4 Å². The van der Waals surface area contributed by atoms with Crippen molar-refractivity contribution in [3.63, 3.8) is 0 Å². The minimum absolute atomic E-state index is 0.747. The van der Waals surface area contributed by atoms with Crippen LogP contribution in [0.25, 0.3) is 10.3 Å². The second-order valence-electron chi connectivity index (χ2n) is 5.62. The van der Waals surface area contributed by atoms with Gasteiger partial charge in [0.1, 0.15) is 16.7 Å². The number of anilines is 2. The summed E-state index contributed by atoms with van der Waals surface area (Å²) in [4.78, 5) is 14.4. The third kappa shape index (κ3) is 3.81. The molecule has 0 fully saturated rings. The van der Waals surface area contributed by atoms with Crippen molar-refractivity contribution in [3.05, 3.63) is 72.1 Å². The summed E-state index contributed by atoms with van der Waals surface area (Å²) < 4.78 is 1.01. The number of nitrogens with zero attached hydrogens (tertiary/aromatic N) is 3. The van der Waals surface area contributed by atoms with E-state index in [1.807, 2.05) is 18.2 Å². The number of thiazole rings is 1. The quantitative estimate of drug-likeness (QED) is 0.479. The van der Waals surface area contributed by atoms with E-state index in [1.165, 1.54) is 11.1 Å². The molecule has 0 saturated heterocycles. The number of hydrogen-bond donors (Lipinski definition) is 1. The first-order valence-corrected chi connectivity index (χ1v) is 9.70. The van der Waals surface area contributed by atoms with Crippen LogP contribution in [0.15, 0.2) is 65.3 Å². The second kappa shape index (κ2) is 7.21. The molecule has 0 unspecified atom stereocenters. The lowest BCUT2D eigenvalue weighted by Crippen LogP contribution is -1.95. The third-order valence-corrected chi connectivity index (χ3v) is 5.87. The number of benzene rings is 2. The first-order valence-electron chi connectivity index (χ1n) is 7.90. The van der Waals surface area contributed by atoms with Crippen LogP contribution in [-0.2, 0) is 5.75 Å². The van der Waals surface area contributed by atoms with Crippen molar-refractivity contribution < 1.29 is 0 Å². The number of fused-ring (bicyclic) bond motifs is 1. The monoisotopic (exact) mass is 364 g/mol. The lowest BCUT2D eigenvalue weighted by Gasteiger charge is -2.05. The van der Waals surface area contributed by atoms with Crippen molar-refractivity contribution in [3.8, 4) is 0 Å². The van der Waals surface area contributed by atoms with Crippen molar-refractivity contribution in [2.45, 2.75) is 17.0 Å². The van der Waals surface area contributed by atoms with Crippen LogP contribution < -0.4 is 5.32 Å². The van der Waals surface area contributed by atoms with Crippen molar-refractivity contribution in [1.82, 2.24) is 15.0 Å². The van der Waals surface area contributed by atoms with Crippen molar-refractivity contribution in [1.29, 1.82) is 0 Å². The molecule has 0 aliphatic rings. The van der Waals surface area contributed by atoms with Gasteiger partial charge < -0.3 is 5.32 Å². The number of rotatable bonds is 5. The predicted octanol–water partition coefficient (Wildman–Crippen LogP) is 5.43. The molecule has 2 aromatic carbocycles. The molecule has 0 spiro atoms. The van der Waals surface area contributed by atoms with Gasteiger partial charge in [-0.3, -0.25) is 0 Å². The number of nitrogens with one attached hydrogen (secondary N) is 1. The van der Waals surface area contributed by atoms with E-state index in [0.29, 0.717) is 0 Å². The zero-order valence-corrected chi connectivity index (χ0v) is 15.3. The van der Waals surface area contributed by atoms with Crippen LogP contribution >= 0.6 is 23.1 Å². The van der Waals surface area contributed by atoms with Gasteiger partial charge in [-0.25, -0.2) is 15.0 Å². The van der Waals surface area contributed by atoms with Crippen LogP contribution in [0.1, 0.15) is 11.1 Å². The van der Waals surface area contributed by atoms with Crippen LogP contribution in [0, 0.1) is 6.92 Å². The summed E-state index contributed by atoms with van der Waals surface area (Å²) in [6.07, 6.45) is 1.59. The van der Waals surface area contributed by atoms with E-state index in [0.717, 1.165) is 31.9 Å². The highest BCUT2D eigenvalue weighted by molar-refractivity contribution is 8.00. The highest BCUT2D eigenvalue weighted by atomic mass is 32.2. The minimum Gasteiger partial charge on any atom is -0.338 e. The summed E-state index contributed by atoms with van der Waals surface area (Å²) in [5, 5.41) is 3.35. The molecule has 0 aliphatic heterocycles. The number of aromatic nitrogens is 3. The molecule has 0 radical (unpaired) electrons. The fraction of sp³-hybridized carbons (Fsp3) is 0.105. The molecular formula is C19H16N4S2. The van der Waals surface area contributed by atoms with Crippen LogP contribution in [0.4, 0.5) is 11.5 Å². The Balaban J connectivity index is 1.56. The van der Waals surface area contributed by atoms with Gasteiger partial charge in [0.15, 0.2) is 10.2 Å². The Morgan fingerprint density at radius 3 is 2.60 bits per heavy atom. The molecule has 4 nitrogen and oxygen atoms in total. The molecular weight excluding hydrogens is 348 g/mol. The molecule has 1 N–H and O–H groups in total. The van der Waals surface area contributed by atoms with Crippen LogP contribution in [0.2, 0.25) is 0 Å². The number of thioether (sulfide) groups is 1. The first-order chi connectivity index (χ1) is 12.3. The maximum atomic E-state index is 4.74. The molecule has 124 valence electrons. The summed E-state index contributed by atoms with van der Waals surface area (Å²) in [7, 11) is 0. The summed E-state index contributed by atoms with van der Waals surface area (Å²) in [6, 6.07) is 18.6. The molecule has 0 saturated carbocycles. The summed E-state index contributed by atoms with van der Waals surface area (Å²) in [6.45, 7) is 2.07. The molecule has 2 aromatic heterocycles. The van der Waals surface area contributed by atoms with Gasteiger partial charge in [-0.05, 0) is 24.6 Å². The predicted molar refractivity (Wildman–Crippen MR) is 106 cm³/mol. The fourth-order valence-corrected chi connectivity index (χ4v) is 4.31. The van der Waals surface area contributed by atoms with Gasteiger partial charge in [0.05, 0.1) is 0 Å². The zero-order chi connectivity index (χ0) is 17.1. The number of hydrogen-bond acceptors (Lipinski definition) is 6. The van der Waals surface area contributed by atoms with Crippen LogP contribution in [0.3, 0.4) is 0 Å². The van der Waals surface area contributed by atoms with Gasteiger partial charge in [0.25, 0.3) is 0 Å². The standard InChI is InChI=1S/C19H16N4S2/c1-13-7-9-15(10-8-13)22-17-16-18(21-12-20-17)25-19(23-16)24-11-14-5-3-2-4-6-14/h2-10,12H,11H2,1H3,(H,20,21,22). The van der Waals surface area contributed by atoms with E-state index in [-0.39, 0.29) is 0 Å². The van der Waals surface area contributed by atoms with E-state index < -0.39 is 0 Å². The van der Waals surface area contributed by atoms with E-state index in [4.69, 9.17) is 4.98 Å². The molecule has 0 amide bonds. The maximum Gasteiger partial charge on any atom is 0.161 e. The Kier molecular flexibility index (Phi) is 4.63. The maximum absolute atomic E-state index is 4.74. The Bertz CT molecular complexity index is 981. The average Bonchev–Trinajstić information content (AvgIpc) is 3.07. The van der Waals surface area contributed by atoms with Gasteiger partial charge >= 0.3 is 0 Å². The summed E-state index contributed by atoms with van der Waals surface area (Å²) in [5.74, 6) is 1.64. The van der Waals surface area contributed by atoms with Crippen LogP contribution in [-0.4, -0.2) is 15.0 Å². The Labute approximate surface area is 154 Å². The minimum atomic E-state index is 0.747. The van der Waals surface area contributed by atoms with E-state index >= 15 is 0 Å². The summed E-state index contributed by atoms with van der Waals surface area (Å²) >= 11 is 3.33. The Morgan fingerprint density at radius 1 is 1.00 bits per heavy atom. The average molecular weight is 364 g/mol. The van der Waals surface area contributed by atoms with Crippen molar-refractivity contribution in [2.75, 3.05) is 5.32 Å². The highest BCUT2D eigenvalue weighted by Crippen LogP contribution is 2.33. The highest BCUT2D eigenvalue weighted by Gasteiger charge is 2.11. The van der Waals surface area contributed by atoms with Gasteiger partial charge in [-0.15, -0.1) is 0 Å². The lowest BCUT2D eigenvalue weighted by atomic mass is 10.2. The molecule has 4 rings (SSSR count). The van der Waals surface area contributed by atoms with Crippen molar-refractivity contribution >= 4 is 45.0 Å². The molecule has 25 heavy (non-hydrogen) atoms. The van der Waals surface area contributed by atoms with Gasteiger partial charge in [0, 0.05) is 11.4 Å². The van der Waals surface area contributed by atoms with Crippen LogP contribution in [0.5, 0.6) is 0 Å². The molecule has 2 heterocycles. The van der Waals surface area contributed by atoms with Gasteiger partial charge in [0.2, 0.25) is 0 Å². The van der Waals surface area contributed by atoms with Crippen molar-refractivity contribution in [2.24, 2.45) is 0 Å². The Hall–Kier alpha value is -2.44. The second-order valence-corrected chi connectivity index (χ2v) is 7.82. The molecule has 6 heteroatoms. The first kappa shape index (κ1) is 16.1. The molecule has 4 aromatic rings. The number of aryl methyl sites for hydroxylation is 1. The zero-order valence-electron chi connectivity index (χ0n) is 13.6. The lowest BCUT2D eigenvalue weighted by molar-refractivity contribution is 1.20. The Morgan fingerprint density at radius 2 is 1.80 bits per heavy atom. The third-order valence-electron chi connectivity index (χ3n) is 3.70. The molecule has 0 aliphatic carbocycles. The topological polar surface area (TPSA) is 50.7 Å². The largest absolute Gasteiger partial charge is 0.338 e. The normalized spacial score (nSPS) is 10.9. The van der Waals surface area contributed by atoms with Gasteiger partial charge in [-0.2, -0.15) is 0 Å². The van der Waals surface area contributed by atoms with E-state index in [2.05, 4.69) is 58.6 Å². The summed E-state index contributed by atoms with van der Waals surface area (Å²) in [5.41, 5.74) is 4.34.